The highest BCUT2D eigenvalue weighted by Crippen LogP contribution is 2.33. The van der Waals surface area contributed by atoms with E-state index in [1.165, 1.54) is 4.90 Å². The van der Waals surface area contributed by atoms with Gasteiger partial charge in [-0.05, 0) is 51.7 Å². The van der Waals surface area contributed by atoms with Gasteiger partial charge >= 0.3 is 0 Å². The van der Waals surface area contributed by atoms with Crippen LogP contribution in [0.5, 0.6) is 0 Å². The highest BCUT2D eigenvalue weighted by molar-refractivity contribution is 6.21. The summed E-state index contributed by atoms with van der Waals surface area (Å²) in [4.78, 5) is 39.2. The second kappa shape index (κ2) is 6.62. The first-order valence-electron chi connectivity index (χ1n) is 9.05. The molecule has 1 saturated carbocycles. The number of hydrogen-bond donors (Lipinski definition) is 1. The Morgan fingerprint density at radius 2 is 1.64 bits per heavy atom. The number of carbonyl (C=O) groups is 3. The molecule has 134 valence electrons. The van der Waals surface area contributed by atoms with E-state index in [9.17, 15) is 14.4 Å². The number of rotatable bonds is 3. The number of carbonyl (C=O) groups excluding carboxylic acids is 3. The highest BCUT2D eigenvalue weighted by Gasteiger charge is 2.40. The molecule has 25 heavy (non-hydrogen) atoms. The molecule has 2 unspecified atom stereocenters. The second-order valence-corrected chi connectivity index (χ2v) is 8.16. The van der Waals surface area contributed by atoms with Gasteiger partial charge in [-0.2, -0.15) is 0 Å². The average molecular weight is 342 g/mol. The Bertz CT molecular complexity index is 670. The molecule has 1 fully saturated rings. The molecule has 1 aliphatic heterocycles. The third-order valence-corrected chi connectivity index (χ3v) is 5.04. The van der Waals surface area contributed by atoms with Gasteiger partial charge in [-0.3, -0.25) is 19.3 Å². The van der Waals surface area contributed by atoms with Gasteiger partial charge in [0, 0.05) is 18.0 Å². The average Bonchev–Trinajstić information content (AvgIpc) is 2.79. The van der Waals surface area contributed by atoms with E-state index in [1.54, 1.807) is 24.3 Å². The second-order valence-electron chi connectivity index (χ2n) is 8.16. The summed E-state index contributed by atoms with van der Waals surface area (Å²) in [6, 6.07) is 6.93. The van der Waals surface area contributed by atoms with Gasteiger partial charge in [-0.1, -0.05) is 25.0 Å². The Hall–Kier alpha value is -2.17. The Balaban J connectivity index is 1.76. The van der Waals surface area contributed by atoms with E-state index in [2.05, 4.69) is 5.32 Å². The van der Waals surface area contributed by atoms with Crippen molar-refractivity contribution < 1.29 is 14.4 Å². The molecule has 1 aliphatic carbocycles. The topological polar surface area (TPSA) is 66.5 Å². The molecule has 0 aromatic heterocycles. The van der Waals surface area contributed by atoms with Crippen molar-refractivity contribution in [1.82, 2.24) is 10.2 Å². The van der Waals surface area contributed by atoms with Crippen LogP contribution in [0.4, 0.5) is 0 Å². The maximum atomic E-state index is 12.7. The van der Waals surface area contributed by atoms with Crippen molar-refractivity contribution >= 4 is 17.7 Å². The summed E-state index contributed by atoms with van der Waals surface area (Å²) < 4.78 is 0. The molecule has 2 aliphatic rings. The van der Waals surface area contributed by atoms with E-state index in [0.29, 0.717) is 17.7 Å². The van der Waals surface area contributed by atoms with Crippen LogP contribution in [0.2, 0.25) is 0 Å². The molecule has 1 N–H and O–H groups in total. The number of nitrogens with one attached hydrogen (secondary N) is 1. The van der Waals surface area contributed by atoms with Crippen molar-refractivity contribution in [2.45, 2.75) is 52.0 Å². The van der Waals surface area contributed by atoms with Crippen LogP contribution in [0.3, 0.4) is 0 Å². The Labute approximate surface area is 148 Å². The van der Waals surface area contributed by atoms with Crippen LogP contribution in [0.15, 0.2) is 24.3 Å². The third kappa shape index (κ3) is 3.60. The van der Waals surface area contributed by atoms with Crippen molar-refractivity contribution in [2.24, 2.45) is 11.8 Å². The van der Waals surface area contributed by atoms with Crippen LogP contribution in [0, 0.1) is 11.8 Å². The highest BCUT2D eigenvalue weighted by atomic mass is 16.2. The lowest BCUT2D eigenvalue weighted by Crippen LogP contribution is -2.48. The molecule has 0 radical (unpaired) electrons. The largest absolute Gasteiger partial charge is 0.351 e. The predicted molar refractivity (Wildman–Crippen MR) is 95.2 cm³/mol. The standard InChI is InChI=1S/C20H26N2O3/c1-20(2,3)21-17(23)14-9-5-4-8-13(14)12-22-18(24)15-10-6-7-11-16(15)19(22)25/h6-7,10-11,13-14H,4-5,8-9,12H2,1-3H3,(H,21,23). The lowest BCUT2D eigenvalue weighted by atomic mass is 9.78. The quantitative estimate of drug-likeness (QED) is 0.859. The van der Waals surface area contributed by atoms with Crippen LogP contribution >= 0.6 is 0 Å². The Morgan fingerprint density at radius 1 is 1.08 bits per heavy atom. The molecule has 1 aromatic carbocycles. The molecular formula is C20H26N2O3. The minimum atomic E-state index is -0.283. The van der Waals surface area contributed by atoms with Gasteiger partial charge in [0.25, 0.3) is 11.8 Å². The lowest BCUT2D eigenvalue weighted by Gasteiger charge is -2.34. The number of hydrogen-bond acceptors (Lipinski definition) is 3. The normalized spacial score (nSPS) is 23.6. The number of amides is 3. The van der Waals surface area contributed by atoms with Crippen molar-refractivity contribution in [3.8, 4) is 0 Å². The van der Waals surface area contributed by atoms with E-state index >= 15 is 0 Å². The van der Waals surface area contributed by atoms with E-state index in [1.807, 2.05) is 20.8 Å². The molecule has 0 bridgehead atoms. The van der Waals surface area contributed by atoms with Gasteiger partial charge < -0.3 is 5.32 Å². The summed E-state index contributed by atoms with van der Waals surface area (Å²) in [7, 11) is 0. The lowest BCUT2D eigenvalue weighted by molar-refractivity contribution is -0.129. The number of nitrogens with zero attached hydrogens (tertiary/aromatic N) is 1. The third-order valence-electron chi connectivity index (χ3n) is 5.04. The van der Waals surface area contributed by atoms with E-state index < -0.39 is 0 Å². The molecule has 3 amide bonds. The van der Waals surface area contributed by atoms with Crippen molar-refractivity contribution in [2.75, 3.05) is 6.54 Å². The zero-order chi connectivity index (χ0) is 18.2. The van der Waals surface area contributed by atoms with Crippen LogP contribution in [0.25, 0.3) is 0 Å². The van der Waals surface area contributed by atoms with Gasteiger partial charge in [0.2, 0.25) is 5.91 Å². The fourth-order valence-electron chi connectivity index (χ4n) is 3.87. The molecule has 3 rings (SSSR count). The van der Waals surface area contributed by atoms with Gasteiger partial charge in [-0.15, -0.1) is 0 Å². The zero-order valence-electron chi connectivity index (χ0n) is 15.2. The molecule has 1 heterocycles. The summed E-state index contributed by atoms with van der Waals surface area (Å²) in [5, 5.41) is 3.06. The summed E-state index contributed by atoms with van der Waals surface area (Å²) in [6.07, 6.45) is 3.74. The number of imide groups is 1. The fourth-order valence-corrected chi connectivity index (χ4v) is 3.87. The molecular weight excluding hydrogens is 316 g/mol. The summed E-state index contributed by atoms with van der Waals surface area (Å²) in [5.74, 6) is -0.549. The van der Waals surface area contributed by atoms with Gasteiger partial charge in [0.1, 0.15) is 0 Å². The predicted octanol–water partition coefficient (Wildman–Crippen LogP) is 3.00. The molecule has 1 aromatic rings. The van der Waals surface area contributed by atoms with Crippen LogP contribution < -0.4 is 5.32 Å². The molecule has 5 heteroatoms. The van der Waals surface area contributed by atoms with Crippen LogP contribution in [-0.4, -0.2) is 34.7 Å². The summed E-state index contributed by atoms with van der Waals surface area (Å²) in [6.45, 7) is 6.22. The minimum absolute atomic E-state index is 0.0262. The molecule has 0 spiro atoms. The van der Waals surface area contributed by atoms with E-state index in [-0.39, 0.29) is 35.1 Å². The summed E-state index contributed by atoms with van der Waals surface area (Å²) in [5.41, 5.74) is 0.659. The first-order valence-corrected chi connectivity index (χ1v) is 9.05. The van der Waals surface area contributed by atoms with Crippen LogP contribution in [-0.2, 0) is 4.79 Å². The monoisotopic (exact) mass is 342 g/mol. The zero-order valence-corrected chi connectivity index (χ0v) is 15.2. The Morgan fingerprint density at radius 3 is 2.20 bits per heavy atom. The molecule has 0 saturated heterocycles. The minimum Gasteiger partial charge on any atom is -0.351 e. The van der Waals surface area contributed by atoms with Gasteiger partial charge in [0.05, 0.1) is 11.1 Å². The SMILES string of the molecule is CC(C)(C)NC(=O)C1CCCCC1CN1C(=O)c2ccccc2C1=O. The number of fused-ring (bicyclic) bond motifs is 1. The first-order chi connectivity index (χ1) is 11.8. The van der Waals surface area contributed by atoms with Gasteiger partial charge in [-0.25, -0.2) is 0 Å². The van der Waals surface area contributed by atoms with E-state index in [4.69, 9.17) is 0 Å². The van der Waals surface area contributed by atoms with Crippen LogP contribution in [0.1, 0.15) is 67.2 Å². The van der Waals surface area contributed by atoms with Crippen molar-refractivity contribution in [3.63, 3.8) is 0 Å². The smallest absolute Gasteiger partial charge is 0.261 e. The molecule has 5 nitrogen and oxygen atoms in total. The Kier molecular flexibility index (Phi) is 4.67. The molecule has 2 atom stereocenters. The number of benzene rings is 1. The maximum absolute atomic E-state index is 12.7. The summed E-state index contributed by atoms with van der Waals surface area (Å²) >= 11 is 0. The fraction of sp³-hybridized carbons (Fsp3) is 0.550. The van der Waals surface area contributed by atoms with Crippen molar-refractivity contribution in [1.29, 1.82) is 0 Å². The van der Waals surface area contributed by atoms with Crippen molar-refractivity contribution in [3.05, 3.63) is 35.4 Å². The first kappa shape index (κ1) is 17.6. The maximum Gasteiger partial charge on any atom is 0.261 e. The van der Waals surface area contributed by atoms with E-state index in [0.717, 1.165) is 25.7 Å². The van der Waals surface area contributed by atoms with Gasteiger partial charge in [0.15, 0.2) is 0 Å².